The van der Waals surface area contributed by atoms with Crippen LogP contribution in [0, 0.1) is 11.7 Å². The molecule has 0 spiro atoms. The quantitative estimate of drug-likeness (QED) is 0.444. The number of piperidine rings is 1. The van der Waals surface area contributed by atoms with Gasteiger partial charge in [-0.05, 0) is 66.6 Å². The largest absolute Gasteiger partial charge is 0.497 e. The summed E-state index contributed by atoms with van der Waals surface area (Å²) in [4.78, 5) is 28.4. The number of carbonyl (C=O) groups is 2. The van der Waals surface area contributed by atoms with Crippen LogP contribution in [0.4, 0.5) is 15.8 Å². The van der Waals surface area contributed by atoms with Crippen LogP contribution in [0.2, 0.25) is 5.02 Å². The number of rotatable bonds is 7. The Labute approximate surface area is 213 Å². The fraction of sp³-hybridized carbons (Fsp3) is 0.259. The summed E-state index contributed by atoms with van der Waals surface area (Å²) < 4.78 is 29.7. The van der Waals surface area contributed by atoms with Crippen LogP contribution in [0.15, 0.2) is 60.7 Å². The van der Waals surface area contributed by atoms with Crippen molar-refractivity contribution < 1.29 is 28.2 Å². The number of benzene rings is 3. The fourth-order valence-corrected chi connectivity index (χ4v) is 4.62. The van der Waals surface area contributed by atoms with Gasteiger partial charge in [0.2, 0.25) is 11.8 Å². The standard InChI is InChI=1S/C27H26ClFN2O5/c1-34-19-8-6-18(7-9-19)31-25(32)13-10-20(27(33)30-17-5-11-22(29)21(28)15-17)26(31)16-4-12-23(35-2)24(14-16)36-3/h4-9,11-12,14-15,20,26H,10,13H2,1-3H3,(H,30,33)/t20-,26+/m0/s1. The van der Waals surface area contributed by atoms with E-state index in [1.165, 1.54) is 32.4 Å². The predicted octanol–water partition coefficient (Wildman–Crippen LogP) is 5.63. The number of anilines is 2. The van der Waals surface area contributed by atoms with Gasteiger partial charge in [-0.1, -0.05) is 17.7 Å². The zero-order valence-electron chi connectivity index (χ0n) is 20.1. The minimum atomic E-state index is -0.643. The first-order chi connectivity index (χ1) is 17.4. The van der Waals surface area contributed by atoms with Crippen molar-refractivity contribution in [3.05, 3.63) is 77.1 Å². The fourth-order valence-electron chi connectivity index (χ4n) is 4.44. The lowest BCUT2D eigenvalue weighted by atomic mass is 9.83. The molecule has 0 radical (unpaired) electrons. The normalized spacial score (nSPS) is 17.5. The minimum Gasteiger partial charge on any atom is -0.497 e. The Morgan fingerprint density at radius 1 is 0.972 bits per heavy atom. The zero-order chi connectivity index (χ0) is 25.8. The van der Waals surface area contributed by atoms with Crippen LogP contribution in [0.25, 0.3) is 0 Å². The number of nitrogens with one attached hydrogen (secondary N) is 1. The highest BCUT2D eigenvalue weighted by Gasteiger charge is 2.42. The number of nitrogens with zero attached hydrogens (tertiary/aromatic N) is 1. The molecule has 0 unspecified atom stereocenters. The lowest BCUT2D eigenvalue weighted by molar-refractivity contribution is -0.125. The summed E-state index contributed by atoms with van der Waals surface area (Å²) in [5, 5.41) is 2.74. The van der Waals surface area contributed by atoms with Gasteiger partial charge in [0.1, 0.15) is 11.6 Å². The molecule has 0 bridgehead atoms. The molecule has 3 aromatic rings. The number of carbonyl (C=O) groups excluding carboxylic acids is 2. The van der Waals surface area contributed by atoms with Crippen LogP contribution in [0.5, 0.6) is 17.2 Å². The monoisotopic (exact) mass is 512 g/mol. The first-order valence-electron chi connectivity index (χ1n) is 11.3. The van der Waals surface area contributed by atoms with Crippen molar-refractivity contribution >= 4 is 34.8 Å². The summed E-state index contributed by atoms with van der Waals surface area (Å²) in [7, 11) is 4.63. The molecule has 0 aromatic heterocycles. The topological polar surface area (TPSA) is 77.1 Å². The molecule has 1 N–H and O–H groups in total. The molecule has 9 heteroatoms. The van der Waals surface area contributed by atoms with Crippen LogP contribution >= 0.6 is 11.6 Å². The molecule has 1 saturated heterocycles. The van der Waals surface area contributed by atoms with Gasteiger partial charge in [0, 0.05) is 17.8 Å². The molecule has 7 nitrogen and oxygen atoms in total. The molecule has 1 heterocycles. The van der Waals surface area contributed by atoms with Gasteiger partial charge in [-0.3, -0.25) is 9.59 Å². The molecule has 0 saturated carbocycles. The number of ether oxygens (including phenoxy) is 3. The Bertz CT molecular complexity index is 1270. The molecule has 1 aliphatic rings. The number of halogens is 2. The molecular formula is C27H26ClFN2O5. The van der Waals surface area contributed by atoms with Crippen LogP contribution < -0.4 is 24.4 Å². The van der Waals surface area contributed by atoms with E-state index in [0.717, 1.165) is 0 Å². The van der Waals surface area contributed by atoms with Crippen LogP contribution in [0.1, 0.15) is 24.4 Å². The molecule has 1 fully saturated rings. The average Bonchev–Trinajstić information content (AvgIpc) is 2.90. The van der Waals surface area contributed by atoms with Crippen molar-refractivity contribution in [2.75, 3.05) is 31.5 Å². The van der Waals surface area contributed by atoms with Gasteiger partial charge in [0.05, 0.1) is 38.3 Å². The summed E-state index contributed by atoms with van der Waals surface area (Å²) >= 11 is 5.90. The first-order valence-corrected chi connectivity index (χ1v) is 11.7. The van der Waals surface area contributed by atoms with Gasteiger partial charge in [-0.25, -0.2) is 4.39 Å². The van der Waals surface area contributed by atoms with Crippen molar-refractivity contribution in [2.24, 2.45) is 5.92 Å². The molecule has 2 atom stereocenters. The van der Waals surface area contributed by atoms with Gasteiger partial charge in [0.15, 0.2) is 11.5 Å². The molecule has 188 valence electrons. The van der Waals surface area contributed by atoms with Crippen molar-refractivity contribution in [3.8, 4) is 17.2 Å². The van der Waals surface area contributed by atoms with E-state index in [1.54, 1.807) is 48.4 Å². The van der Waals surface area contributed by atoms with Crippen LogP contribution in [-0.4, -0.2) is 33.1 Å². The molecule has 0 aliphatic carbocycles. The van der Waals surface area contributed by atoms with Crippen LogP contribution in [-0.2, 0) is 9.59 Å². The Balaban J connectivity index is 1.77. The zero-order valence-corrected chi connectivity index (χ0v) is 20.8. The molecule has 4 rings (SSSR count). The molecule has 1 aliphatic heterocycles. The Kier molecular flexibility index (Phi) is 7.64. The van der Waals surface area contributed by atoms with Crippen molar-refractivity contribution in [1.29, 1.82) is 0 Å². The number of methoxy groups -OCH3 is 3. The van der Waals surface area contributed by atoms with Crippen LogP contribution in [0.3, 0.4) is 0 Å². The summed E-state index contributed by atoms with van der Waals surface area (Å²) in [5.41, 5.74) is 1.70. The van der Waals surface area contributed by atoms with E-state index in [9.17, 15) is 14.0 Å². The van der Waals surface area contributed by atoms with E-state index < -0.39 is 17.8 Å². The highest BCUT2D eigenvalue weighted by Crippen LogP contribution is 2.43. The van der Waals surface area contributed by atoms with E-state index in [-0.39, 0.29) is 23.3 Å². The van der Waals surface area contributed by atoms with E-state index in [2.05, 4.69) is 5.32 Å². The van der Waals surface area contributed by atoms with Gasteiger partial charge in [-0.15, -0.1) is 0 Å². The first kappa shape index (κ1) is 25.3. The summed E-state index contributed by atoms with van der Waals surface area (Å²) in [6.45, 7) is 0. The Morgan fingerprint density at radius 2 is 1.69 bits per heavy atom. The number of hydrogen-bond donors (Lipinski definition) is 1. The SMILES string of the molecule is COc1ccc(N2C(=O)CC[C@H](C(=O)Nc3ccc(F)c(Cl)c3)[C@H]2c2ccc(OC)c(OC)c2)cc1. The highest BCUT2D eigenvalue weighted by molar-refractivity contribution is 6.31. The lowest BCUT2D eigenvalue weighted by Crippen LogP contribution is -2.47. The second-order valence-electron chi connectivity index (χ2n) is 8.28. The molecular weight excluding hydrogens is 487 g/mol. The van der Waals surface area contributed by atoms with Gasteiger partial charge in [-0.2, -0.15) is 0 Å². The highest BCUT2D eigenvalue weighted by atomic mass is 35.5. The molecule has 36 heavy (non-hydrogen) atoms. The summed E-state index contributed by atoms with van der Waals surface area (Å²) in [6, 6.07) is 15.8. The summed E-state index contributed by atoms with van der Waals surface area (Å²) in [5.74, 6) is 0.0257. The molecule has 2 amide bonds. The Morgan fingerprint density at radius 3 is 2.33 bits per heavy atom. The maximum atomic E-state index is 13.6. The van der Waals surface area contributed by atoms with E-state index >= 15 is 0 Å². The smallest absolute Gasteiger partial charge is 0.229 e. The van der Waals surface area contributed by atoms with Gasteiger partial charge >= 0.3 is 0 Å². The van der Waals surface area contributed by atoms with E-state index in [4.69, 9.17) is 25.8 Å². The van der Waals surface area contributed by atoms with E-state index in [1.807, 2.05) is 6.07 Å². The number of amides is 2. The van der Waals surface area contributed by atoms with Crippen molar-refractivity contribution in [1.82, 2.24) is 0 Å². The minimum absolute atomic E-state index is 0.0945. The second kappa shape index (κ2) is 10.9. The maximum Gasteiger partial charge on any atom is 0.229 e. The van der Waals surface area contributed by atoms with Crippen molar-refractivity contribution in [2.45, 2.75) is 18.9 Å². The van der Waals surface area contributed by atoms with Gasteiger partial charge in [0.25, 0.3) is 0 Å². The van der Waals surface area contributed by atoms with Crippen molar-refractivity contribution in [3.63, 3.8) is 0 Å². The third-order valence-electron chi connectivity index (χ3n) is 6.22. The number of hydrogen-bond acceptors (Lipinski definition) is 5. The predicted molar refractivity (Wildman–Crippen MR) is 136 cm³/mol. The summed E-state index contributed by atoms with van der Waals surface area (Å²) in [6.07, 6.45) is 0.503. The van der Waals surface area contributed by atoms with E-state index in [0.29, 0.717) is 40.6 Å². The third-order valence-corrected chi connectivity index (χ3v) is 6.51. The Hall–Kier alpha value is -3.78. The maximum absolute atomic E-state index is 13.6. The van der Waals surface area contributed by atoms with Gasteiger partial charge < -0.3 is 24.4 Å². The average molecular weight is 513 g/mol. The molecule has 3 aromatic carbocycles. The third kappa shape index (κ3) is 5.09. The lowest BCUT2D eigenvalue weighted by Gasteiger charge is -2.41. The second-order valence-corrected chi connectivity index (χ2v) is 8.69.